The summed E-state index contributed by atoms with van der Waals surface area (Å²) >= 11 is 0. The third-order valence-corrected chi connectivity index (χ3v) is 1.05. The first-order valence-electron chi connectivity index (χ1n) is 2.79. The molecule has 9 heavy (non-hydrogen) atoms. The van der Waals surface area contributed by atoms with Crippen LogP contribution in [-0.4, -0.2) is 4.98 Å². The normalized spacial score (nSPS) is 9.67. The predicted molar refractivity (Wildman–Crippen MR) is 33.7 cm³/mol. The molecule has 2 heteroatoms. The Morgan fingerprint density at radius 3 is 2.00 bits per heavy atom. The molecule has 1 aromatic rings. The molecule has 1 aromatic heterocycles. The van der Waals surface area contributed by atoms with Crippen LogP contribution in [0.4, 0.5) is 4.39 Å². The van der Waals surface area contributed by atoms with Crippen LogP contribution >= 0.6 is 0 Å². The van der Waals surface area contributed by atoms with E-state index in [1.807, 2.05) is 0 Å². The molecule has 0 atom stereocenters. The molecule has 0 amide bonds. The molecule has 0 radical (unpaired) electrons. The molecule has 1 nitrogen and oxygen atoms in total. The van der Waals surface area contributed by atoms with Crippen LogP contribution in [0.15, 0.2) is 12.1 Å². The van der Waals surface area contributed by atoms with Crippen molar-refractivity contribution in [2.24, 2.45) is 0 Å². The fourth-order valence-electron chi connectivity index (χ4n) is 0.783. The van der Waals surface area contributed by atoms with E-state index in [0.717, 1.165) is 11.4 Å². The van der Waals surface area contributed by atoms with Gasteiger partial charge in [-0.05, 0) is 26.0 Å². The van der Waals surface area contributed by atoms with E-state index in [2.05, 4.69) is 4.98 Å². The molecule has 0 aliphatic rings. The average Bonchev–Trinajstić information content (AvgIpc) is 1.59. The van der Waals surface area contributed by atoms with Crippen LogP contribution in [0.5, 0.6) is 0 Å². The SMILES string of the molecule is Cc1cc(F)cc(C)n1. The highest BCUT2D eigenvalue weighted by molar-refractivity contribution is 5.10. The minimum Gasteiger partial charge on any atom is -0.258 e. The molecule has 0 N–H and O–H groups in total. The number of halogens is 1. The van der Waals surface area contributed by atoms with E-state index in [1.165, 1.54) is 12.1 Å². The van der Waals surface area contributed by atoms with Gasteiger partial charge in [-0.1, -0.05) is 0 Å². The summed E-state index contributed by atoms with van der Waals surface area (Å²) in [5.74, 6) is -0.208. The van der Waals surface area contributed by atoms with Gasteiger partial charge >= 0.3 is 0 Å². The van der Waals surface area contributed by atoms with Gasteiger partial charge in [0.1, 0.15) is 5.82 Å². The molecule has 0 bridgehead atoms. The van der Waals surface area contributed by atoms with E-state index in [9.17, 15) is 4.39 Å². The van der Waals surface area contributed by atoms with E-state index >= 15 is 0 Å². The van der Waals surface area contributed by atoms with E-state index in [-0.39, 0.29) is 5.82 Å². The molecule has 0 saturated heterocycles. The number of nitrogens with zero attached hydrogens (tertiary/aromatic N) is 1. The van der Waals surface area contributed by atoms with Gasteiger partial charge in [-0.2, -0.15) is 0 Å². The van der Waals surface area contributed by atoms with Crippen LogP contribution in [0.2, 0.25) is 0 Å². The highest BCUT2D eigenvalue weighted by Gasteiger charge is 1.92. The number of pyridine rings is 1. The molecule has 0 aromatic carbocycles. The average molecular weight is 125 g/mol. The Morgan fingerprint density at radius 1 is 1.22 bits per heavy atom. The van der Waals surface area contributed by atoms with Gasteiger partial charge in [0.25, 0.3) is 0 Å². The van der Waals surface area contributed by atoms with E-state index in [4.69, 9.17) is 0 Å². The first-order valence-corrected chi connectivity index (χ1v) is 2.79. The zero-order valence-electron chi connectivity index (χ0n) is 5.48. The van der Waals surface area contributed by atoms with Crippen LogP contribution in [0, 0.1) is 19.7 Å². The fraction of sp³-hybridized carbons (Fsp3) is 0.286. The van der Waals surface area contributed by atoms with Crippen molar-refractivity contribution in [1.29, 1.82) is 0 Å². The summed E-state index contributed by atoms with van der Waals surface area (Å²) in [7, 11) is 0. The second-order valence-corrected chi connectivity index (χ2v) is 2.07. The van der Waals surface area contributed by atoms with Crippen molar-refractivity contribution in [1.82, 2.24) is 4.98 Å². The lowest BCUT2D eigenvalue weighted by Crippen LogP contribution is -1.86. The first kappa shape index (κ1) is 6.20. The molecule has 0 saturated carbocycles. The number of hydrogen-bond acceptors (Lipinski definition) is 1. The third kappa shape index (κ3) is 1.49. The van der Waals surface area contributed by atoms with E-state index < -0.39 is 0 Å². The summed E-state index contributed by atoms with van der Waals surface area (Å²) in [6.07, 6.45) is 0. The second kappa shape index (κ2) is 2.13. The lowest BCUT2D eigenvalue weighted by molar-refractivity contribution is 0.621. The summed E-state index contributed by atoms with van der Waals surface area (Å²) in [4.78, 5) is 3.99. The summed E-state index contributed by atoms with van der Waals surface area (Å²) in [5, 5.41) is 0. The minimum absolute atomic E-state index is 0.208. The maximum Gasteiger partial charge on any atom is 0.126 e. The van der Waals surface area contributed by atoms with Gasteiger partial charge in [0, 0.05) is 11.4 Å². The molecule has 0 aliphatic heterocycles. The smallest absolute Gasteiger partial charge is 0.126 e. The topological polar surface area (TPSA) is 12.9 Å². The maximum atomic E-state index is 12.4. The Labute approximate surface area is 53.5 Å². The van der Waals surface area contributed by atoms with Gasteiger partial charge in [-0.15, -0.1) is 0 Å². The monoisotopic (exact) mass is 125 g/mol. The molecule has 0 spiro atoms. The van der Waals surface area contributed by atoms with Gasteiger partial charge in [-0.3, -0.25) is 4.98 Å². The van der Waals surface area contributed by atoms with E-state index in [0.29, 0.717) is 0 Å². The van der Waals surface area contributed by atoms with Gasteiger partial charge in [0.05, 0.1) is 0 Å². The van der Waals surface area contributed by atoms with Crippen LogP contribution in [0.3, 0.4) is 0 Å². The van der Waals surface area contributed by atoms with Gasteiger partial charge < -0.3 is 0 Å². The Balaban J connectivity index is 3.17. The van der Waals surface area contributed by atoms with Crippen molar-refractivity contribution in [2.45, 2.75) is 13.8 Å². The van der Waals surface area contributed by atoms with Crippen molar-refractivity contribution in [3.8, 4) is 0 Å². The van der Waals surface area contributed by atoms with E-state index in [1.54, 1.807) is 13.8 Å². The summed E-state index contributed by atoms with van der Waals surface area (Å²) in [6, 6.07) is 2.82. The Hall–Kier alpha value is -0.920. The zero-order chi connectivity index (χ0) is 6.85. The van der Waals surface area contributed by atoms with Gasteiger partial charge in [0.2, 0.25) is 0 Å². The largest absolute Gasteiger partial charge is 0.258 e. The summed E-state index contributed by atoms with van der Waals surface area (Å²) in [5.41, 5.74) is 1.46. The molecular weight excluding hydrogens is 117 g/mol. The van der Waals surface area contributed by atoms with Crippen molar-refractivity contribution >= 4 is 0 Å². The quantitative estimate of drug-likeness (QED) is 0.515. The Bertz CT molecular complexity index is 170. The zero-order valence-corrected chi connectivity index (χ0v) is 5.48. The predicted octanol–water partition coefficient (Wildman–Crippen LogP) is 1.84. The fourth-order valence-corrected chi connectivity index (χ4v) is 0.783. The molecule has 0 aliphatic carbocycles. The Morgan fingerprint density at radius 2 is 1.67 bits per heavy atom. The second-order valence-electron chi connectivity index (χ2n) is 2.07. The van der Waals surface area contributed by atoms with Crippen molar-refractivity contribution in [2.75, 3.05) is 0 Å². The number of rotatable bonds is 0. The minimum atomic E-state index is -0.208. The van der Waals surface area contributed by atoms with Crippen LogP contribution in [0.25, 0.3) is 0 Å². The van der Waals surface area contributed by atoms with Crippen molar-refractivity contribution in [3.63, 3.8) is 0 Å². The summed E-state index contributed by atoms with van der Waals surface area (Å²) in [6.45, 7) is 3.55. The molecule has 1 heterocycles. The molecular formula is C7H8FN. The molecule has 1 rings (SSSR count). The van der Waals surface area contributed by atoms with Crippen molar-refractivity contribution < 1.29 is 4.39 Å². The number of aryl methyl sites for hydroxylation is 2. The number of hydrogen-bond donors (Lipinski definition) is 0. The third-order valence-electron chi connectivity index (χ3n) is 1.05. The van der Waals surface area contributed by atoms with Gasteiger partial charge in [0.15, 0.2) is 0 Å². The molecule has 48 valence electrons. The van der Waals surface area contributed by atoms with Gasteiger partial charge in [-0.25, -0.2) is 4.39 Å². The summed E-state index contributed by atoms with van der Waals surface area (Å²) < 4.78 is 12.4. The maximum absolute atomic E-state index is 12.4. The molecule has 0 fully saturated rings. The number of aromatic nitrogens is 1. The lowest BCUT2D eigenvalue weighted by Gasteiger charge is -1.93. The van der Waals surface area contributed by atoms with Crippen LogP contribution in [-0.2, 0) is 0 Å². The van der Waals surface area contributed by atoms with Crippen LogP contribution in [0.1, 0.15) is 11.4 Å². The standard InChI is InChI=1S/C7H8FN/c1-5-3-7(8)4-6(2)9-5/h3-4H,1-2H3. The highest BCUT2D eigenvalue weighted by Crippen LogP contribution is 2.01. The highest BCUT2D eigenvalue weighted by atomic mass is 19.1. The van der Waals surface area contributed by atoms with Crippen molar-refractivity contribution in [3.05, 3.63) is 29.3 Å². The lowest BCUT2D eigenvalue weighted by atomic mass is 10.3. The first-order chi connectivity index (χ1) is 4.18. The van der Waals surface area contributed by atoms with Crippen LogP contribution < -0.4 is 0 Å². The Kier molecular flexibility index (Phi) is 1.47. The molecule has 0 unspecified atom stereocenters.